The molecule has 1 aliphatic rings. The van der Waals surface area contributed by atoms with Crippen LogP contribution < -0.4 is 5.43 Å². The van der Waals surface area contributed by atoms with Gasteiger partial charge in [-0.2, -0.15) is 0 Å². The van der Waals surface area contributed by atoms with E-state index in [1.807, 2.05) is 42.3 Å². The van der Waals surface area contributed by atoms with Gasteiger partial charge < -0.3 is 4.74 Å². The lowest BCUT2D eigenvalue weighted by Crippen LogP contribution is -2.49. The number of hydrogen-bond donors (Lipinski definition) is 1. The Hall–Kier alpha value is -1.39. The Bertz CT molecular complexity index is 375. The van der Waals surface area contributed by atoms with Gasteiger partial charge in [-0.3, -0.25) is 10.2 Å². The molecule has 1 aromatic rings. The average Bonchev–Trinajstić information content (AvgIpc) is 2.42. The van der Waals surface area contributed by atoms with Crippen LogP contribution in [0.4, 0.5) is 0 Å². The molecule has 0 aromatic heterocycles. The molecule has 2 rings (SSSR count). The summed E-state index contributed by atoms with van der Waals surface area (Å²) in [5.41, 5.74) is 4.06. The lowest BCUT2D eigenvalue weighted by molar-refractivity contribution is -0.129. The normalized spacial score (nSPS) is 18.3. The van der Waals surface area contributed by atoms with Crippen LogP contribution in [-0.2, 0) is 9.53 Å². The van der Waals surface area contributed by atoms with Crippen LogP contribution >= 0.6 is 0 Å². The first-order chi connectivity index (χ1) is 8.81. The number of carbonyl (C=O) groups excluding carboxylic acids is 1. The molecule has 1 aromatic carbocycles. The summed E-state index contributed by atoms with van der Waals surface area (Å²) in [4.78, 5) is 12.2. The van der Waals surface area contributed by atoms with Crippen molar-refractivity contribution in [3.05, 3.63) is 35.9 Å². The predicted octanol–water partition coefficient (Wildman–Crippen LogP) is 1.54. The summed E-state index contributed by atoms with van der Waals surface area (Å²) in [5.74, 6) is -0.000329. The van der Waals surface area contributed by atoms with E-state index in [0.29, 0.717) is 13.2 Å². The smallest absolute Gasteiger partial charge is 0.241 e. The zero-order valence-electron chi connectivity index (χ0n) is 10.8. The molecule has 0 saturated carbocycles. The third kappa shape index (κ3) is 3.31. The SMILES string of the molecule is CCC(C(=O)NN1CCOCC1)c1ccccc1. The summed E-state index contributed by atoms with van der Waals surface area (Å²) in [6, 6.07) is 9.93. The molecule has 4 heteroatoms. The van der Waals surface area contributed by atoms with Gasteiger partial charge in [0, 0.05) is 13.1 Å². The molecule has 1 heterocycles. The van der Waals surface area contributed by atoms with Gasteiger partial charge in [0.1, 0.15) is 0 Å². The monoisotopic (exact) mass is 248 g/mol. The fraction of sp³-hybridized carbons (Fsp3) is 0.500. The second-order valence-corrected chi connectivity index (χ2v) is 4.45. The number of benzene rings is 1. The molecular weight excluding hydrogens is 228 g/mol. The summed E-state index contributed by atoms with van der Waals surface area (Å²) >= 11 is 0. The zero-order valence-corrected chi connectivity index (χ0v) is 10.8. The van der Waals surface area contributed by atoms with E-state index < -0.39 is 0 Å². The van der Waals surface area contributed by atoms with Gasteiger partial charge in [-0.05, 0) is 12.0 Å². The molecule has 0 bridgehead atoms. The topological polar surface area (TPSA) is 41.6 Å². The lowest BCUT2D eigenvalue weighted by atomic mass is 9.96. The molecule has 1 fully saturated rings. The number of rotatable bonds is 4. The van der Waals surface area contributed by atoms with E-state index in [2.05, 4.69) is 5.43 Å². The van der Waals surface area contributed by atoms with Gasteiger partial charge in [-0.1, -0.05) is 37.3 Å². The van der Waals surface area contributed by atoms with Crippen molar-refractivity contribution < 1.29 is 9.53 Å². The number of hydrogen-bond acceptors (Lipinski definition) is 3. The summed E-state index contributed by atoms with van der Waals surface area (Å²) in [6.07, 6.45) is 0.806. The van der Waals surface area contributed by atoms with Crippen molar-refractivity contribution in [2.75, 3.05) is 26.3 Å². The maximum atomic E-state index is 12.2. The van der Waals surface area contributed by atoms with Gasteiger partial charge in [0.15, 0.2) is 0 Å². The van der Waals surface area contributed by atoms with E-state index >= 15 is 0 Å². The quantitative estimate of drug-likeness (QED) is 0.879. The molecule has 1 unspecified atom stereocenters. The minimum Gasteiger partial charge on any atom is -0.379 e. The van der Waals surface area contributed by atoms with Gasteiger partial charge in [0.25, 0.3) is 0 Å². The molecule has 1 atom stereocenters. The summed E-state index contributed by atoms with van der Waals surface area (Å²) in [7, 11) is 0. The van der Waals surface area contributed by atoms with E-state index in [4.69, 9.17) is 4.74 Å². The highest BCUT2D eigenvalue weighted by atomic mass is 16.5. The number of hydrazine groups is 1. The first-order valence-electron chi connectivity index (χ1n) is 6.49. The van der Waals surface area contributed by atoms with Crippen molar-refractivity contribution in [2.45, 2.75) is 19.3 Å². The van der Waals surface area contributed by atoms with Gasteiger partial charge in [-0.15, -0.1) is 0 Å². The maximum absolute atomic E-state index is 12.2. The Morgan fingerprint density at radius 3 is 2.61 bits per heavy atom. The van der Waals surface area contributed by atoms with Crippen LogP contribution in [0, 0.1) is 0 Å². The van der Waals surface area contributed by atoms with Crippen LogP contribution in [0.15, 0.2) is 30.3 Å². The molecule has 1 saturated heterocycles. The van der Waals surface area contributed by atoms with Crippen molar-refractivity contribution in [2.24, 2.45) is 0 Å². The van der Waals surface area contributed by atoms with E-state index in [9.17, 15) is 4.79 Å². The molecule has 1 amide bonds. The number of morpholine rings is 1. The minimum absolute atomic E-state index is 0.0746. The second kappa shape index (κ2) is 6.52. The highest BCUT2D eigenvalue weighted by molar-refractivity contribution is 5.83. The first-order valence-corrected chi connectivity index (χ1v) is 6.49. The number of carbonyl (C=O) groups is 1. The Morgan fingerprint density at radius 1 is 1.33 bits per heavy atom. The van der Waals surface area contributed by atoms with Gasteiger partial charge in [0.05, 0.1) is 19.1 Å². The van der Waals surface area contributed by atoms with Crippen LogP contribution in [0.2, 0.25) is 0 Å². The van der Waals surface area contributed by atoms with Crippen LogP contribution in [0.3, 0.4) is 0 Å². The molecule has 0 spiro atoms. The van der Waals surface area contributed by atoms with Crippen molar-refractivity contribution in [3.8, 4) is 0 Å². The van der Waals surface area contributed by atoms with Gasteiger partial charge in [0.2, 0.25) is 5.91 Å². The van der Waals surface area contributed by atoms with Crippen LogP contribution in [0.1, 0.15) is 24.8 Å². The number of nitrogens with one attached hydrogen (secondary N) is 1. The zero-order chi connectivity index (χ0) is 12.8. The number of amides is 1. The third-order valence-corrected chi connectivity index (χ3v) is 3.21. The van der Waals surface area contributed by atoms with E-state index in [1.54, 1.807) is 0 Å². The molecule has 0 radical (unpaired) electrons. The number of nitrogens with zero attached hydrogens (tertiary/aromatic N) is 1. The molecule has 98 valence electrons. The standard InChI is InChI=1S/C14H20N2O2/c1-2-13(12-6-4-3-5-7-12)14(17)15-16-8-10-18-11-9-16/h3-7,13H,2,8-11H2,1H3,(H,15,17). The first kappa shape index (κ1) is 13.1. The van der Waals surface area contributed by atoms with Gasteiger partial charge in [-0.25, -0.2) is 5.01 Å². The fourth-order valence-corrected chi connectivity index (χ4v) is 2.17. The summed E-state index contributed by atoms with van der Waals surface area (Å²) in [5, 5.41) is 1.94. The van der Waals surface area contributed by atoms with Crippen LogP contribution in [0.25, 0.3) is 0 Å². The van der Waals surface area contributed by atoms with Crippen LogP contribution in [-0.4, -0.2) is 37.2 Å². The summed E-state index contributed by atoms with van der Waals surface area (Å²) < 4.78 is 5.26. The fourth-order valence-electron chi connectivity index (χ4n) is 2.17. The van der Waals surface area contributed by atoms with E-state index in [1.165, 1.54) is 0 Å². The number of ether oxygens (including phenoxy) is 1. The van der Waals surface area contributed by atoms with Crippen molar-refractivity contribution >= 4 is 5.91 Å². The van der Waals surface area contributed by atoms with Crippen molar-refractivity contribution in [1.29, 1.82) is 0 Å². The highest BCUT2D eigenvalue weighted by Gasteiger charge is 2.21. The van der Waals surface area contributed by atoms with E-state index in [-0.39, 0.29) is 11.8 Å². The Morgan fingerprint density at radius 2 is 2.00 bits per heavy atom. The Kier molecular flexibility index (Phi) is 4.73. The summed E-state index contributed by atoms with van der Waals surface area (Å²) in [6.45, 7) is 4.93. The Labute approximate surface area is 108 Å². The third-order valence-electron chi connectivity index (χ3n) is 3.21. The molecule has 1 aliphatic heterocycles. The van der Waals surface area contributed by atoms with Crippen molar-refractivity contribution in [3.63, 3.8) is 0 Å². The highest BCUT2D eigenvalue weighted by Crippen LogP contribution is 2.19. The molecular formula is C14H20N2O2. The molecule has 4 nitrogen and oxygen atoms in total. The Balaban J connectivity index is 1.97. The largest absolute Gasteiger partial charge is 0.379 e. The predicted molar refractivity (Wildman–Crippen MR) is 70.0 cm³/mol. The van der Waals surface area contributed by atoms with Gasteiger partial charge >= 0.3 is 0 Å². The second-order valence-electron chi connectivity index (χ2n) is 4.45. The van der Waals surface area contributed by atoms with Crippen LogP contribution in [0.5, 0.6) is 0 Å². The lowest BCUT2D eigenvalue weighted by Gasteiger charge is -2.28. The average molecular weight is 248 g/mol. The molecule has 0 aliphatic carbocycles. The molecule has 18 heavy (non-hydrogen) atoms. The van der Waals surface area contributed by atoms with E-state index in [0.717, 1.165) is 25.1 Å². The molecule has 1 N–H and O–H groups in total. The van der Waals surface area contributed by atoms with Crippen molar-refractivity contribution in [1.82, 2.24) is 10.4 Å². The maximum Gasteiger partial charge on any atom is 0.241 e. The minimum atomic E-state index is -0.0750.